The first-order valence-corrected chi connectivity index (χ1v) is 9.66. The summed E-state index contributed by atoms with van der Waals surface area (Å²) in [6.07, 6.45) is 0. The van der Waals surface area contributed by atoms with Crippen LogP contribution in [0, 0.1) is 26.7 Å². The van der Waals surface area contributed by atoms with Gasteiger partial charge < -0.3 is 10.1 Å². The average molecular weight is 387 g/mol. The minimum absolute atomic E-state index is 0.126. The van der Waals surface area contributed by atoms with Gasteiger partial charge in [-0.25, -0.2) is 0 Å². The highest BCUT2D eigenvalue weighted by atomic mass is 35.5. The first-order valence-electron chi connectivity index (χ1n) is 9.28. The standard InChI is InChI=1S/C22H27ClN2O2/c1-14-5-18(9-20(23)6-14)13-27-21-15(2)7-17(8-16(21)3)10-25-11-19(12-25)22(26)24-4/h5-9,19H,10-13H2,1-4H3,(H,24,26). The van der Waals surface area contributed by atoms with Crippen molar-refractivity contribution in [2.45, 2.75) is 33.9 Å². The highest BCUT2D eigenvalue weighted by Gasteiger charge is 2.31. The summed E-state index contributed by atoms with van der Waals surface area (Å²) in [4.78, 5) is 13.9. The Morgan fingerprint density at radius 2 is 1.78 bits per heavy atom. The molecule has 1 heterocycles. The number of hydrogen-bond donors (Lipinski definition) is 1. The second-order valence-electron chi connectivity index (χ2n) is 7.49. The first-order chi connectivity index (χ1) is 12.9. The second-order valence-corrected chi connectivity index (χ2v) is 7.93. The molecule has 2 aromatic rings. The van der Waals surface area contributed by atoms with Crippen molar-refractivity contribution in [3.05, 3.63) is 63.2 Å². The third kappa shape index (κ3) is 4.82. The lowest BCUT2D eigenvalue weighted by Crippen LogP contribution is -2.52. The van der Waals surface area contributed by atoms with Gasteiger partial charge in [-0.15, -0.1) is 0 Å². The molecule has 1 fully saturated rings. The molecule has 0 aromatic heterocycles. The summed E-state index contributed by atoms with van der Waals surface area (Å²) in [5, 5.41) is 3.46. The Morgan fingerprint density at radius 3 is 2.37 bits per heavy atom. The van der Waals surface area contributed by atoms with Gasteiger partial charge in [-0.05, 0) is 60.7 Å². The third-order valence-corrected chi connectivity index (χ3v) is 5.20. The maximum Gasteiger partial charge on any atom is 0.225 e. The number of amides is 1. The van der Waals surface area contributed by atoms with Crippen LogP contribution < -0.4 is 10.1 Å². The van der Waals surface area contributed by atoms with Crippen molar-refractivity contribution in [3.63, 3.8) is 0 Å². The van der Waals surface area contributed by atoms with E-state index in [4.69, 9.17) is 16.3 Å². The average Bonchev–Trinajstić information content (AvgIpc) is 2.55. The van der Waals surface area contributed by atoms with Crippen LogP contribution in [0.5, 0.6) is 5.75 Å². The van der Waals surface area contributed by atoms with Gasteiger partial charge in [0.05, 0.1) is 5.92 Å². The lowest BCUT2D eigenvalue weighted by molar-refractivity contribution is -0.129. The van der Waals surface area contributed by atoms with E-state index in [1.54, 1.807) is 7.05 Å². The summed E-state index contributed by atoms with van der Waals surface area (Å²) in [7, 11) is 1.70. The van der Waals surface area contributed by atoms with Gasteiger partial charge in [-0.3, -0.25) is 9.69 Å². The fraction of sp³-hybridized carbons (Fsp3) is 0.409. The molecular formula is C22H27ClN2O2. The molecule has 1 N–H and O–H groups in total. The number of ether oxygens (including phenoxy) is 1. The Balaban J connectivity index is 1.62. The smallest absolute Gasteiger partial charge is 0.225 e. The van der Waals surface area contributed by atoms with E-state index in [1.165, 1.54) is 5.56 Å². The van der Waals surface area contributed by atoms with Gasteiger partial charge in [-0.2, -0.15) is 0 Å². The van der Waals surface area contributed by atoms with Gasteiger partial charge in [0.25, 0.3) is 0 Å². The van der Waals surface area contributed by atoms with Crippen molar-refractivity contribution in [1.82, 2.24) is 10.2 Å². The summed E-state index contributed by atoms with van der Waals surface area (Å²) < 4.78 is 6.10. The minimum atomic E-state index is 0.126. The molecule has 1 aliphatic heterocycles. The number of aryl methyl sites for hydroxylation is 3. The SMILES string of the molecule is CNC(=O)C1CN(Cc2cc(C)c(OCc3cc(C)cc(Cl)c3)c(C)c2)C1. The molecule has 0 bridgehead atoms. The fourth-order valence-corrected chi connectivity index (χ4v) is 4.05. The van der Waals surface area contributed by atoms with E-state index in [0.29, 0.717) is 6.61 Å². The highest BCUT2D eigenvalue weighted by Crippen LogP contribution is 2.28. The van der Waals surface area contributed by atoms with Crippen LogP contribution in [0.25, 0.3) is 0 Å². The molecular weight excluding hydrogens is 360 g/mol. The van der Waals surface area contributed by atoms with Crippen molar-refractivity contribution in [3.8, 4) is 5.75 Å². The van der Waals surface area contributed by atoms with Crippen LogP contribution in [0.4, 0.5) is 0 Å². The number of likely N-dealkylation sites (tertiary alicyclic amines) is 1. The first kappa shape index (κ1) is 19.7. The summed E-state index contributed by atoms with van der Waals surface area (Å²) in [6, 6.07) is 10.3. The van der Waals surface area contributed by atoms with E-state index < -0.39 is 0 Å². The Hall–Kier alpha value is -2.04. The lowest BCUT2D eigenvalue weighted by Gasteiger charge is -2.38. The Bertz CT molecular complexity index is 801. The summed E-state index contributed by atoms with van der Waals surface area (Å²) in [5.74, 6) is 1.20. The van der Waals surface area contributed by atoms with Gasteiger partial charge in [-0.1, -0.05) is 29.8 Å². The van der Waals surface area contributed by atoms with Gasteiger partial charge in [0.2, 0.25) is 5.91 Å². The number of carbonyl (C=O) groups is 1. The molecule has 1 aliphatic rings. The normalized spacial score (nSPS) is 14.7. The van der Waals surface area contributed by atoms with Crippen LogP contribution in [0.1, 0.15) is 27.8 Å². The van der Waals surface area contributed by atoms with Gasteiger partial charge >= 0.3 is 0 Å². The molecule has 5 heteroatoms. The van der Waals surface area contributed by atoms with Crippen molar-refractivity contribution in [1.29, 1.82) is 0 Å². The largest absolute Gasteiger partial charge is 0.488 e. The molecule has 3 rings (SSSR count). The predicted octanol–water partition coefficient (Wildman–Crippen LogP) is 4.02. The molecule has 0 atom stereocenters. The number of rotatable bonds is 6. The Morgan fingerprint density at radius 1 is 1.11 bits per heavy atom. The zero-order valence-electron chi connectivity index (χ0n) is 16.4. The van der Waals surface area contributed by atoms with Gasteiger partial charge in [0.15, 0.2) is 0 Å². The van der Waals surface area contributed by atoms with E-state index in [0.717, 1.165) is 52.7 Å². The molecule has 27 heavy (non-hydrogen) atoms. The Kier molecular flexibility index (Phi) is 6.08. The van der Waals surface area contributed by atoms with Crippen molar-refractivity contribution in [2.24, 2.45) is 5.92 Å². The number of carbonyl (C=O) groups excluding carboxylic acids is 1. The highest BCUT2D eigenvalue weighted by molar-refractivity contribution is 6.30. The van der Waals surface area contributed by atoms with Crippen LogP contribution >= 0.6 is 11.6 Å². The second kappa shape index (κ2) is 8.32. The molecule has 0 radical (unpaired) electrons. The Labute approximate surface area is 166 Å². The fourth-order valence-electron chi connectivity index (χ4n) is 3.74. The van der Waals surface area contributed by atoms with Crippen molar-refractivity contribution < 1.29 is 9.53 Å². The minimum Gasteiger partial charge on any atom is -0.488 e. The van der Waals surface area contributed by atoms with E-state index >= 15 is 0 Å². The van der Waals surface area contributed by atoms with Crippen molar-refractivity contribution >= 4 is 17.5 Å². The van der Waals surface area contributed by atoms with E-state index in [1.807, 2.05) is 19.1 Å². The topological polar surface area (TPSA) is 41.6 Å². The number of nitrogens with one attached hydrogen (secondary N) is 1. The summed E-state index contributed by atoms with van der Waals surface area (Å²) in [6.45, 7) is 9.21. The maximum absolute atomic E-state index is 11.6. The summed E-state index contributed by atoms with van der Waals surface area (Å²) >= 11 is 6.14. The predicted molar refractivity (Wildman–Crippen MR) is 109 cm³/mol. The third-order valence-electron chi connectivity index (χ3n) is 4.99. The number of benzene rings is 2. The summed E-state index contributed by atoms with van der Waals surface area (Å²) in [5.41, 5.74) is 5.73. The molecule has 2 aromatic carbocycles. The molecule has 0 unspecified atom stereocenters. The zero-order valence-corrected chi connectivity index (χ0v) is 17.2. The molecule has 144 valence electrons. The number of hydrogen-bond acceptors (Lipinski definition) is 3. The molecule has 4 nitrogen and oxygen atoms in total. The molecule has 1 saturated heterocycles. The van der Waals surface area contributed by atoms with Crippen molar-refractivity contribution in [2.75, 3.05) is 20.1 Å². The lowest BCUT2D eigenvalue weighted by atomic mass is 9.97. The zero-order chi connectivity index (χ0) is 19.6. The molecule has 0 spiro atoms. The van der Waals surface area contributed by atoms with Crippen LogP contribution in [0.3, 0.4) is 0 Å². The number of halogens is 1. The van der Waals surface area contributed by atoms with E-state index in [9.17, 15) is 4.79 Å². The molecule has 1 amide bonds. The van der Waals surface area contributed by atoms with Crippen LogP contribution in [0.15, 0.2) is 30.3 Å². The van der Waals surface area contributed by atoms with E-state index in [-0.39, 0.29) is 11.8 Å². The van der Waals surface area contributed by atoms with E-state index in [2.05, 4.69) is 42.3 Å². The van der Waals surface area contributed by atoms with Crippen LogP contribution in [0.2, 0.25) is 5.02 Å². The monoisotopic (exact) mass is 386 g/mol. The number of nitrogens with zero attached hydrogens (tertiary/aromatic N) is 1. The maximum atomic E-state index is 11.6. The van der Waals surface area contributed by atoms with Gasteiger partial charge in [0, 0.05) is 31.7 Å². The van der Waals surface area contributed by atoms with Gasteiger partial charge in [0.1, 0.15) is 12.4 Å². The van der Waals surface area contributed by atoms with Crippen LogP contribution in [-0.4, -0.2) is 30.9 Å². The quantitative estimate of drug-likeness (QED) is 0.815. The van der Waals surface area contributed by atoms with Crippen LogP contribution in [-0.2, 0) is 17.9 Å². The molecule has 0 saturated carbocycles. The molecule has 0 aliphatic carbocycles.